The number of fused-ring (bicyclic) bond motifs is 3. The maximum Gasteiger partial charge on any atom is 0.416 e. The van der Waals surface area contributed by atoms with Crippen molar-refractivity contribution in [1.82, 2.24) is 10.2 Å². The van der Waals surface area contributed by atoms with E-state index >= 15 is 0 Å². The Morgan fingerprint density at radius 2 is 2.06 bits per heavy atom. The molecule has 0 saturated carbocycles. The zero-order valence-electron chi connectivity index (χ0n) is 17.5. The monoisotopic (exact) mass is 451 g/mol. The van der Waals surface area contributed by atoms with E-state index in [1.165, 1.54) is 19.4 Å². The molecular formula is C22H24F3N3O4. The topological polar surface area (TPSA) is 75.0 Å². The van der Waals surface area contributed by atoms with E-state index in [4.69, 9.17) is 9.15 Å². The molecule has 172 valence electrons. The zero-order valence-corrected chi connectivity index (χ0v) is 17.5. The van der Waals surface area contributed by atoms with Crippen LogP contribution in [0, 0.1) is 5.92 Å². The molecule has 0 aliphatic carbocycles. The molecule has 0 unspecified atom stereocenters. The predicted molar refractivity (Wildman–Crippen MR) is 109 cm³/mol. The van der Waals surface area contributed by atoms with Crippen LogP contribution in [0.25, 0.3) is 0 Å². The molecule has 2 aliphatic heterocycles. The van der Waals surface area contributed by atoms with Gasteiger partial charge < -0.3 is 24.3 Å². The van der Waals surface area contributed by atoms with Gasteiger partial charge in [-0.3, -0.25) is 9.59 Å². The Morgan fingerprint density at radius 1 is 1.25 bits per heavy atom. The number of piperazine rings is 1. The normalized spacial score (nSPS) is 20.5. The van der Waals surface area contributed by atoms with Gasteiger partial charge in [0.2, 0.25) is 5.91 Å². The van der Waals surface area contributed by atoms with Crippen LogP contribution in [0.3, 0.4) is 0 Å². The lowest BCUT2D eigenvalue weighted by Crippen LogP contribution is -2.62. The second kappa shape index (κ2) is 8.85. The number of amides is 2. The van der Waals surface area contributed by atoms with Crippen molar-refractivity contribution in [2.45, 2.75) is 18.6 Å². The molecule has 2 aromatic rings. The van der Waals surface area contributed by atoms with Gasteiger partial charge in [-0.25, -0.2) is 0 Å². The molecule has 0 bridgehead atoms. The fourth-order valence-electron chi connectivity index (χ4n) is 4.45. The number of nitrogens with one attached hydrogen (secondary N) is 1. The molecule has 0 spiro atoms. The summed E-state index contributed by atoms with van der Waals surface area (Å²) in [6.45, 7) is 1.65. The Bertz CT molecular complexity index is 977. The highest BCUT2D eigenvalue weighted by atomic mass is 19.4. The van der Waals surface area contributed by atoms with Gasteiger partial charge in [-0.15, -0.1) is 0 Å². The van der Waals surface area contributed by atoms with Crippen LogP contribution >= 0.6 is 0 Å². The second-order valence-corrected chi connectivity index (χ2v) is 7.92. The molecular weight excluding hydrogens is 427 g/mol. The predicted octanol–water partition coefficient (Wildman–Crippen LogP) is 2.56. The number of rotatable bonds is 5. The summed E-state index contributed by atoms with van der Waals surface area (Å²) in [5.74, 6) is -0.945. The lowest BCUT2D eigenvalue weighted by atomic mass is 9.82. The van der Waals surface area contributed by atoms with E-state index < -0.39 is 17.7 Å². The largest absolute Gasteiger partial charge is 0.459 e. The van der Waals surface area contributed by atoms with Crippen molar-refractivity contribution in [2.24, 2.45) is 5.92 Å². The van der Waals surface area contributed by atoms with Crippen molar-refractivity contribution in [3.8, 4) is 0 Å². The van der Waals surface area contributed by atoms with Crippen molar-refractivity contribution in [3.05, 3.63) is 53.5 Å². The minimum atomic E-state index is -4.46. The lowest BCUT2D eigenvalue weighted by Gasteiger charge is -2.49. The van der Waals surface area contributed by atoms with Gasteiger partial charge in [0, 0.05) is 39.0 Å². The smallest absolute Gasteiger partial charge is 0.416 e. The van der Waals surface area contributed by atoms with Crippen LogP contribution in [0.4, 0.5) is 18.9 Å². The summed E-state index contributed by atoms with van der Waals surface area (Å²) in [6.07, 6.45) is -2.89. The van der Waals surface area contributed by atoms with Gasteiger partial charge in [0.05, 0.1) is 30.4 Å². The van der Waals surface area contributed by atoms with Crippen molar-refractivity contribution >= 4 is 17.5 Å². The highest BCUT2D eigenvalue weighted by molar-refractivity contribution is 5.92. The maximum absolute atomic E-state index is 13.3. The molecule has 0 radical (unpaired) electrons. The quantitative estimate of drug-likeness (QED) is 0.708. The number of benzene rings is 1. The van der Waals surface area contributed by atoms with E-state index in [0.29, 0.717) is 37.5 Å². The number of carbonyl (C=O) groups is 2. The molecule has 10 heteroatoms. The number of nitrogens with zero attached hydrogens (tertiary/aromatic N) is 2. The number of alkyl halides is 3. The Balaban J connectivity index is 1.63. The number of carbonyl (C=O) groups excluding carboxylic acids is 2. The first-order valence-electron chi connectivity index (χ1n) is 10.4. The number of anilines is 1. The van der Waals surface area contributed by atoms with Crippen LogP contribution in [-0.2, 0) is 22.1 Å². The Labute approximate surface area is 183 Å². The summed E-state index contributed by atoms with van der Waals surface area (Å²) in [5, 5.41) is 2.80. The number of hydrogen-bond donors (Lipinski definition) is 1. The first-order valence-corrected chi connectivity index (χ1v) is 10.4. The molecule has 3 heterocycles. The highest BCUT2D eigenvalue weighted by Crippen LogP contribution is 2.39. The van der Waals surface area contributed by atoms with Crippen molar-refractivity contribution < 1.29 is 31.9 Å². The van der Waals surface area contributed by atoms with E-state index in [-0.39, 0.29) is 36.6 Å². The number of furan rings is 1. The van der Waals surface area contributed by atoms with Gasteiger partial charge >= 0.3 is 6.18 Å². The lowest BCUT2D eigenvalue weighted by molar-refractivity contribution is -0.137. The van der Waals surface area contributed by atoms with Gasteiger partial charge in [0.15, 0.2) is 5.76 Å². The minimum Gasteiger partial charge on any atom is -0.459 e. The summed E-state index contributed by atoms with van der Waals surface area (Å²) < 4.78 is 50.0. The molecule has 1 fully saturated rings. The van der Waals surface area contributed by atoms with Crippen LogP contribution in [0.2, 0.25) is 0 Å². The van der Waals surface area contributed by atoms with Gasteiger partial charge in [-0.2, -0.15) is 13.2 Å². The first kappa shape index (κ1) is 22.2. The Morgan fingerprint density at radius 3 is 2.75 bits per heavy atom. The molecule has 4 rings (SSSR count). The highest BCUT2D eigenvalue weighted by Gasteiger charge is 2.43. The molecule has 1 aromatic heterocycles. The maximum atomic E-state index is 13.3. The van der Waals surface area contributed by atoms with Crippen LogP contribution < -0.4 is 10.2 Å². The first-order chi connectivity index (χ1) is 15.3. The van der Waals surface area contributed by atoms with Crippen LogP contribution in [0.1, 0.15) is 21.7 Å². The summed E-state index contributed by atoms with van der Waals surface area (Å²) in [6, 6.07) is 6.50. The van der Waals surface area contributed by atoms with E-state index in [1.807, 2.05) is 4.90 Å². The number of methoxy groups -OCH3 is 1. The summed E-state index contributed by atoms with van der Waals surface area (Å²) in [7, 11) is 1.52. The van der Waals surface area contributed by atoms with E-state index in [9.17, 15) is 22.8 Å². The molecule has 2 amide bonds. The third-order valence-corrected chi connectivity index (χ3v) is 6.00. The van der Waals surface area contributed by atoms with Crippen molar-refractivity contribution in [1.29, 1.82) is 0 Å². The minimum absolute atomic E-state index is 0.155. The van der Waals surface area contributed by atoms with E-state index in [2.05, 4.69) is 5.32 Å². The zero-order chi connectivity index (χ0) is 22.9. The average Bonchev–Trinajstić information content (AvgIpc) is 3.31. The number of ether oxygens (including phenoxy) is 1. The van der Waals surface area contributed by atoms with Gasteiger partial charge in [0.25, 0.3) is 5.91 Å². The molecule has 1 saturated heterocycles. The van der Waals surface area contributed by atoms with Gasteiger partial charge in [-0.05, 0) is 42.3 Å². The summed E-state index contributed by atoms with van der Waals surface area (Å²) in [5.41, 5.74) is 0.419. The third kappa shape index (κ3) is 4.32. The molecule has 7 nitrogen and oxygen atoms in total. The van der Waals surface area contributed by atoms with Crippen LogP contribution in [0.5, 0.6) is 0 Å². The van der Waals surface area contributed by atoms with Crippen LogP contribution in [-0.4, -0.2) is 62.7 Å². The molecule has 2 aliphatic rings. The molecule has 2 atom stereocenters. The van der Waals surface area contributed by atoms with Crippen LogP contribution in [0.15, 0.2) is 41.0 Å². The molecule has 1 N–H and O–H groups in total. The standard InChI is InChI=1S/C22H24F3N3O4/c1-31-10-6-26-20(29)16-12-14-11-15(22(23,24)25)4-5-17(14)28-8-7-27(13-18(16)28)21(30)19-3-2-9-32-19/h2-5,9,11,16,18H,6-8,10,12-13H2,1H3,(H,26,29)/t16-,18+/m1/s1. The fourth-order valence-corrected chi connectivity index (χ4v) is 4.45. The molecule has 1 aromatic carbocycles. The van der Waals surface area contributed by atoms with Crippen molar-refractivity contribution in [2.75, 3.05) is 44.8 Å². The van der Waals surface area contributed by atoms with Gasteiger partial charge in [-0.1, -0.05) is 0 Å². The average molecular weight is 451 g/mol. The Hall–Kier alpha value is -3.01. The Kier molecular flexibility index (Phi) is 6.14. The number of hydrogen-bond acceptors (Lipinski definition) is 5. The van der Waals surface area contributed by atoms with Gasteiger partial charge in [0.1, 0.15) is 0 Å². The van der Waals surface area contributed by atoms with E-state index in [0.717, 1.165) is 12.1 Å². The SMILES string of the molecule is COCCNC(=O)[C@@H]1Cc2cc(C(F)(F)F)ccc2N2CCN(C(=O)c3ccco3)C[C@@H]12. The summed E-state index contributed by atoms with van der Waals surface area (Å²) in [4.78, 5) is 29.4. The fraction of sp³-hybridized carbons (Fsp3) is 0.455. The summed E-state index contributed by atoms with van der Waals surface area (Å²) >= 11 is 0. The molecule has 32 heavy (non-hydrogen) atoms. The number of halogens is 3. The van der Waals surface area contributed by atoms with E-state index in [1.54, 1.807) is 17.0 Å². The third-order valence-electron chi connectivity index (χ3n) is 6.00. The second-order valence-electron chi connectivity index (χ2n) is 7.92. The van der Waals surface area contributed by atoms with Crippen molar-refractivity contribution in [3.63, 3.8) is 0 Å².